The third kappa shape index (κ3) is 2.05. The number of hydrogen-bond donors (Lipinski definition) is 0. The summed E-state index contributed by atoms with van der Waals surface area (Å²) in [4.78, 5) is 8.68. The average Bonchev–Trinajstić information content (AvgIpc) is 2.79. The minimum absolute atomic E-state index is 0.198. The van der Waals surface area contributed by atoms with Crippen LogP contribution >= 0.6 is 23.2 Å². The Morgan fingerprint density at radius 2 is 2.15 bits per heavy atom. The van der Waals surface area contributed by atoms with Crippen molar-refractivity contribution in [2.45, 2.75) is 12.8 Å². The van der Waals surface area contributed by atoms with E-state index in [1.54, 1.807) is 23.6 Å². The third-order valence-electron chi connectivity index (χ3n) is 3.13. The van der Waals surface area contributed by atoms with Crippen LogP contribution in [0.1, 0.15) is 11.4 Å². The Bertz CT molecular complexity index is 798. The first-order chi connectivity index (χ1) is 9.61. The van der Waals surface area contributed by atoms with E-state index in [4.69, 9.17) is 23.2 Å². The van der Waals surface area contributed by atoms with Crippen LogP contribution in [0, 0.1) is 12.7 Å². The van der Waals surface area contributed by atoms with Crippen molar-refractivity contribution in [1.29, 1.82) is 0 Å². The molecular weight excluding hydrogens is 300 g/mol. The van der Waals surface area contributed by atoms with Crippen LogP contribution in [-0.4, -0.2) is 14.5 Å². The van der Waals surface area contributed by atoms with Gasteiger partial charge in [0.05, 0.1) is 16.6 Å². The van der Waals surface area contributed by atoms with E-state index in [0.717, 1.165) is 0 Å². The summed E-state index contributed by atoms with van der Waals surface area (Å²) >= 11 is 11.9. The molecule has 0 aliphatic carbocycles. The molecule has 0 N–H and O–H groups in total. The summed E-state index contributed by atoms with van der Waals surface area (Å²) in [6.45, 7) is 1.71. The molecule has 3 rings (SSSR count). The van der Waals surface area contributed by atoms with Crippen molar-refractivity contribution in [3.05, 3.63) is 52.7 Å². The topological polar surface area (TPSA) is 30.7 Å². The largest absolute Gasteiger partial charge is 0.279 e. The van der Waals surface area contributed by atoms with Crippen LogP contribution in [0.25, 0.3) is 16.9 Å². The van der Waals surface area contributed by atoms with Gasteiger partial charge in [0.2, 0.25) is 0 Å². The van der Waals surface area contributed by atoms with Crippen molar-refractivity contribution in [2.75, 3.05) is 0 Å². The molecule has 0 fully saturated rings. The molecule has 0 saturated carbocycles. The lowest BCUT2D eigenvalue weighted by atomic mass is 10.2. The van der Waals surface area contributed by atoms with Crippen molar-refractivity contribution in [3.63, 3.8) is 0 Å². The highest BCUT2D eigenvalue weighted by molar-refractivity contribution is 6.31. The lowest BCUT2D eigenvalue weighted by Crippen LogP contribution is -2.03. The van der Waals surface area contributed by atoms with Gasteiger partial charge in [-0.2, -0.15) is 0 Å². The lowest BCUT2D eigenvalue weighted by molar-refractivity contribution is 0.617. The van der Waals surface area contributed by atoms with E-state index in [0.29, 0.717) is 33.3 Å². The number of hydrogen-bond acceptors (Lipinski definition) is 2. The third-order valence-corrected chi connectivity index (χ3v) is 3.58. The molecule has 2 heterocycles. The maximum atomic E-state index is 13.8. The summed E-state index contributed by atoms with van der Waals surface area (Å²) in [7, 11) is 0. The van der Waals surface area contributed by atoms with E-state index >= 15 is 0 Å². The fraction of sp³-hybridized carbons (Fsp3) is 0.143. The van der Waals surface area contributed by atoms with Crippen LogP contribution in [0.4, 0.5) is 4.39 Å². The molecule has 102 valence electrons. The van der Waals surface area contributed by atoms with E-state index in [9.17, 15) is 4.39 Å². The SMILES string of the molecule is Cc1c(F)cccc1-n1c(CCl)nc2cc(Cl)cnc21. The van der Waals surface area contributed by atoms with Gasteiger partial charge in [0.25, 0.3) is 0 Å². The molecule has 3 aromatic rings. The summed E-state index contributed by atoms with van der Waals surface area (Å²) in [5, 5.41) is 0.499. The zero-order valence-electron chi connectivity index (χ0n) is 10.6. The van der Waals surface area contributed by atoms with Crippen molar-refractivity contribution >= 4 is 34.4 Å². The number of rotatable bonds is 2. The summed E-state index contributed by atoms with van der Waals surface area (Å²) in [6, 6.07) is 6.59. The molecule has 3 nitrogen and oxygen atoms in total. The highest BCUT2D eigenvalue weighted by Crippen LogP contribution is 2.26. The van der Waals surface area contributed by atoms with E-state index in [1.807, 2.05) is 6.07 Å². The van der Waals surface area contributed by atoms with Crippen molar-refractivity contribution in [1.82, 2.24) is 14.5 Å². The lowest BCUT2D eigenvalue weighted by Gasteiger charge is -2.10. The smallest absolute Gasteiger partial charge is 0.164 e. The van der Waals surface area contributed by atoms with Gasteiger partial charge >= 0.3 is 0 Å². The van der Waals surface area contributed by atoms with Crippen LogP contribution in [0.2, 0.25) is 5.02 Å². The Morgan fingerprint density at radius 3 is 2.90 bits per heavy atom. The summed E-state index contributed by atoms with van der Waals surface area (Å²) in [5.41, 5.74) is 2.45. The zero-order valence-corrected chi connectivity index (χ0v) is 12.1. The molecule has 0 bridgehead atoms. The highest BCUT2D eigenvalue weighted by atomic mass is 35.5. The second-order valence-corrected chi connectivity index (χ2v) is 5.08. The van der Waals surface area contributed by atoms with Gasteiger partial charge in [-0.15, -0.1) is 11.6 Å². The molecule has 0 radical (unpaired) electrons. The first kappa shape index (κ1) is 13.3. The summed E-state index contributed by atoms with van der Waals surface area (Å²) in [6.07, 6.45) is 1.54. The van der Waals surface area contributed by atoms with Crippen molar-refractivity contribution < 1.29 is 4.39 Å². The number of halogens is 3. The number of fused-ring (bicyclic) bond motifs is 1. The molecule has 20 heavy (non-hydrogen) atoms. The predicted molar refractivity (Wildman–Crippen MR) is 78.1 cm³/mol. The number of pyridine rings is 1. The molecule has 0 spiro atoms. The molecule has 0 unspecified atom stereocenters. The van der Waals surface area contributed by atoms with Crippen LogP contribution in [0.3, 0.4) is 0 Å². The Hall–Kier alpha value is -1.65. The second kappa shape index (κ2) is 5.04. The summed E-state index contributed by atoms with van der Waals surface area (Å²) in [5.74, 6) is 0.521. The number of alkyl halides is 1. The molecule has 0 aliphatic heterocycles. The van der Waals surface area contributed by atoms with Gasteiger partial charge in [-0.1, -0.05) is 17.7 Å². The number of imidazole rings is 1. The minimum atomic E-state index is -0.279. The average molecular weight is 310 g/mol. The van der Waals surface area contributed by atoms with Crippen LogP contribution in [0.15, 0.2) is 30.5 Å². The van der Waals surface area contributed by atoms with Crippen molar-refractivity contribution in [2.24, 2.45) is 0 Å². The molecule has 1 aromatic carbocycles. The van der Waals surface area contributed by atoms with E-state index in [-0.39, 0.29) is 11.7 Å². The quantitative estimate of drug-likeness (QED) is 0.662. The maximum absolute atomic E-state index is 13.8. The van der Waals surface area contributed by atoms with Gasteiger partial charge in [0, 0.05) is 11.8 Å². The minimum Gasteiger partial charge on any atom is -0.279 e. The van der Waals surface area contributed by atoms with Crippen molar-refractivity contribution in [3.8, 4) is 5.69 Å². The number of nitrogens with zero attached hydrogens (tertiary/aromatic N) is 3. The molecule has 6 heteroatoms. The van der Waals surface area contributed by atoms with Gasteiger partial charge < -0.3 is 0 Å². The highest BCUT2D eigenvalue weighted by Gasteiger charge is 2.16. The Labute approximate surface area is 125 Å². The Balaban J connectivity index is 2.37. The molecule has 0 aliphatic rings. The first-order valence-corrected chi connectivity index (χ1v) is 6.87. The van der Waals surface area contributed by atoms with Gasteiger partial charge in [-0.3, -0.25) is 4.57 Å². The number of benzene rings is 1. The summed E-state index contributed by atoms with van der Waals surface area (Å²) < 4.78 is 15.5. The van der Waals surface area contributed by atoms with E-state index in [1.165, 1.54) is 12.3 Å². The van der Waals surface area contributed by atoms with Gasteiger partial charge in [0.1, 0.15) is 17.2 Å². The molecule has 0 atom stereocenters. The fourth-order valence-electron chi connectivity index (χ4n) is 2.17. The van der Waals surface area contributed by atoms with Gasteiger partial charge in [-0.05, 0) is 25.1 Å². The van der Waals surface area contributed by atoms with E-state index < -0.39 is 0 Å². The fourth-order valence-corrected chi connectivity index (χ4v) is 2.50. The molecular formula is C14H10Cl2FN3. The van der Waals surface area contributed by atoms with Gasteiger partial charge in [-0.25, -0.2) is 14.4 Å². The van der Waals surface area contributed by atoms with E-state index in [2.05, 4.69) is 9.97 Å². The maximum Gasteiger partial charge on any atom is 0.164 e. The second-order valence-electron chi connectivity index (χ2n) is 4.38. The van der Waals surface area contributed by atoms with Gasteiger partial charge in [0.15, 0.2) is 5.65 Å². The predicted octanol–water partition coefficient (Wildman–Crippen LogP) is 4.26. The Morgan fingerprint density at radius 1 is 1.35 bits per heavy atom. The molecule has 0 saturated heterocycles. The first-order valence-electron chi connectivity index (χ1n) is 5.96. The normalized spacial score (nSPS) is 11.2. The molecule has 0 amide bonds. The Kier molecular flexibility index (Phi) is 3.36. The van der Waals surface area contributed by atoms with Crippen LogP contribution < -0.4 is 0 Å². The van der Waals surface area contributed by atoms with Crippen LogP contribution in [0.5, 0.6) is 0 Å². The number of aromatic nitrogens is 3. The van der Waals surface area contributed by atoms with Crippen LogP contribution in [-0.2, 0) is 5.88 Å². The standard InChI is InChI=1S/C14H10Cl2FN3/c1-8-10(17)3-2-4-12(8)20-13(6-15)19-11-5-9(16)7-18-14(11)20/h2-5,7H,6H2,1H3. The monoisotopic (exact) mass is 309 g/mol. The zero-order chi connectivity index (χ0) is 14.3. The molecule has 2 aromatic heterocycles.